The summed E-state index contributed by atoms with van der Waals surface area (Å²) in [4.78, 5) is 29.3. The molecule has 1 N–H and O–H groups in total. The number of anilines is 1. The highest BCUT2D eigenvalue weighted by Crippen LogP contribution is 2.23. The molecule has 0 saturated heterocycles. The predicted molar refractivity (Wildman–Crippen MR) is 163 cm³/mol. The minimum absolute atomic E-state index is 0.0894. The van der Waals surface area contributed by atoms with Crippen LogP contribution in [0.5, 0.6) is 5.75 Å². The lowest BCUT2D eigenvalue weighted by molar-refractivity contribution is -0.140. The van der Waals surface area contributed by atoms with E-state index in [9.17, 15) is 18.0 Å². The van der Waals surface area contributed by atoms with Crippen molar-refractivity contribution in [3.05, 3.63) is 95.6 Å². The topological polar surface area (TPSA) is 96.0 Å². The maximum absolute atomic E-state index is 14.1. The van der Waals surface area contributed by atoms with Gasteiger partial charge >= 0.3 is 0 Å². The number of hydrogen-bond acceptors (Lipinski definition) is 5. The van der Waals surface area contributed by atoms with Gasteiger partial charge in [0.1, 0.15) is 18.3 Å². The Bertz CT molecular complexity index is 1380. The van der Waals surface area contributed by atoms with Gasteiger partial charge in [0.25, 0.3) is 0 Å². The van der Waals surface area contributed by atoms with E-state index in [4.69, 9.17) is 4.74 Å². The van der Waals surface area contributed by atoms with E-state index in [1.165, 1.54) is 4.90 Å². The summed E-state index contributed by atoms with van der Waals surface area (Å²) in [5, 5.41) is 3.03. The molecule has 8 nitrogen and oxygen atoms in total. The van der Waals surface area contributed by atoms with Crippen molar-refractivity contribution in [2.45, 2.75) is 59.2 Å². The van der Waals surface area contributed by atoms with Gasteiger partial charge in [0.15, 0.2) is 0 Å². The summed E-state index contributed by atoms with van der Waals surface area (Å²) in [6.45, 7) is 7.90. The van der Waals surface area contributed by atoms with E-state index in [0.29, 0.717) is 18.0 Å². The number of hydrogen-bond donors (Lipinski definition) is 1. The number of aryl methyl sites for hydroxylation is 1. The monoisotopic (exact) mass is 579 g/mol. The minimum atomic E-state index is -3.83. The Kier molecular flexibility index (Phi) is 11.3. The van der Waals surface area contributed by atoms with Gasteiger partial charge in [-0.1, -0.05) is 67.1 Å². The predicted octanol–water partition coefficient (Wildman–Crippen LogP) is 4.71. The van der Waals surface area contributed by atoms with Crippen LogP contribution in [0.4, 0.5) is 5.69 Å². The number of sulfonamides is 1. The van der Waals surface area contributed by atoms with Crippen LogP contribution in [0.3, 0.4) is 0 Å². The number of rotatable bonds is 14. The minimum Gasteiger partial charge on any atom is -0.494 e. The maximum atomic E-state index is 14.1. The Morgan fingerprint density at radius 3 is 2.10 bits per heavy atom. The summed E-state index contributed by atoms with van der Waals surface area (Å²) in [6.07, 6.45) is 2.08. The molecule has 2 atom stereocenters. The van der Waals surface area contributed by atoms with E-state index >= 15 is 0 Å². The molecular weight excluding hydrogens is 538 g/mol. The van der Waals surface area contributed by atoms with Crippen molar-refractivity contribution in [1.29, 1.82) is 0 Å². The molecule has 9 heteroatoms. The van der Waals surface area contributed by atoms with Gasteiger partial charge in [-0.25, -0.2) is 8.42 Å². The Morgan fingerprint density at radius 1 is 0.902 bits per heavy atom. The lowest BCUT2D eigenvalue weighted by Crippen LogP contribution is -2.54. The average Bonchev–Trinajstić information content (AvgIpc) is 2.95. The normalized spacial score (nSPS) is 12.7. The third-order valence-corrected chi connectivity index (χ3v) is 8.00. The fourth-order valence-corrected chi connectivity index (χ4v) is 5.22. The Balaban J connectivity index is 2.03. The molecule has 0 aromatic heterocycles. The van der Waals surface area contributed by atoms with Gasteiger partial charge < -0.3 is 15.0 Å². The van der Waals surface area contributed by atoms with Gasteiger partial charge in [-0.3, -0.25) is 13.9 Å². The summed E-state index contributed by atoms with van der Waals surface area (Å²) in [6, 6.07) is 22.9. The van der Waals surface area contributed by atoms with E-state index in [1.807, 2.05) is 82.3 Å². The first-order valence-electron chi connectivity index (χ1n) is 13.9. The number of amides is 2. The number of nitrogens with zero attached hydrogens (tertiary/aromatic N) is 2. The molecule has 2 amide bonds. The van der Waals surface area contributed by atoms with E-state index in [0.717, 1.165) is 33.7 Å². The van der Waals surface area contributed by atoms with Crippen molar-refractivity contribution < 1.29 is 22.7 Å². The number of benzene rings is 3. The highest BCUT2D eigenvalue weighted by atomic mass is 32.2. The number of nitrogens with one attached hydrogen (secondary N) is 1. The fourth-order valence-electron chi connectivity index (χ4n) is 4.37. The van der Waals surface area contributed by atoms with Crippen LogP contribution in [0, 0.1) is 6.92 Å². The summed E-state index contributed by atoms with van der Waals surface area (Å²) < 4.78 is 32.4. The van der Waals surface area contributed by atoms with Crippen molar-refractivity contribution >= 4 is 27.5 Å². The second-order valence-corrected chi connectivity index (χ2v) is 12.1. The quantitative estimate of drug-likeness (QED) is 0.298. The molecule has 0 bridgehead atoms. The second-order valence-electron chi connectivity index (χ2n) is 10.2. The molecule has 0 spiro atoms. The molecule has 0 aliphatic heterocycles. The summed E-state index contributed by atoms with van der Waals surface area (Å²) in [5.74, 6) is -0.164. The standard InChI is InChI=1S/C32H41N3O5S/c1-6-25(4)33-32(37)30(21-26-11-9-8-10-12-26)34(22-27-15-13-24(3)14-16-27)31(36)23-35(41(5,38)39)28-17-19-29(20-18-28)40-7-2/h8-20,25,30H,6-7,21-23H2,1-5H3,(H,33,37)/t25-,30-/m1/s1. The third-order valence-electron chi connectivity index (χ3n) is 6.86. The van der Waals surface area contributed by atoms with Crippen LogP contribution in [0.15, 0.2) is 78.9 Å². The van der Waals surface area contributed by atoms with Crippen molar-refractivity contribution in [1.82, 2.24) is 10.2 Å². The van der Waals surface area contributed by atoms with Crippen LogP contribution in [0.2, 0.25) is 0 Å². The van der Waals surface area contributed by atoms with Gasteiger partial charge in [-0.15, -0.1) is 0 Å². The molecule has 0 heterocycles. The van der Waals surface area contributed by atoms with Crippen LogP contribution in [-0.4, -0.2) is 56.6 Å². The molecule has 0 unspecified atom stereocenters. The summed E-state index contributed by atoms with van der Waals surface area (Å²) in [7, 11) is -3.83. The van der Waals surface area contributed by atoms with E-state index in [1.54, 1.807) is 24.3 Å². The van der Waals surface area contributed by atoms with Gasteiger partial charge in [0.05, 0.1) is 18.6 Å². The van der Waals surface area contributed by atoms with E-state index in [-0.39, 0.29) is 24.9 Å². The zero-order valence-electron chi connectivity index (χ0n) is 24.5. The van der Waals surface area contributed by atoms with Gasteiger partial charge in [0, 0.05) is 19.0 Å². The Hall–Kier alpha value is -3.85. The molecule has 41 heavy (non-hydrogen) atoms. The van der Waals surface area contributed by atoms with E-state index in [2.05, 4.69) is 5.32 Å². The average molecular weight is 580 g/mol. The summed E-state index contributed by atoms with van der Waals surface area (Å²) in [5.41, 5.74) is 3.14. The maximum Gasteiger partial charge on any atom is 0.244 e. The molecule has 3 rings (SSSR count). The zero-order chi connectivity index (χ0) is 30.0. The molecule has 0 aliphatic rings. The highest BCUT2D eigenvalue weighted by Gasteiger charge is 2.33. The second kappa shape index (κ2) is 14.7. The van der Waals surface area contributed by atoms with Crippen molar-refractivity contribution in [3.8, 4) is 5.75 Å². The highest BCUT2D eigenvalue weighted by molar-refractivity contribution is 7.92. The smallest absolute Gasteiger partial charge is 0.244 e. The number of carbonyl (C=O) groups excluding carboxylic acids is 2. The van der Waals surface area contributed by atoms with Crippen LogP contribution >= 0.6 is 0 Å². The first-order chi connectivity index (χ1) is 19.5. The largest absolute Gasteiger partial charge is 0.494 e. The fraction of sp³-hybridized carbons (Fsp3) is 0.375. The molecule has 0 radical (unpaired) electrons. The number of carbonyl (C=O) groups is 2. The SMILES string of the molecule is CCOc1ccc(N(CC(=O)N(Cc2ccc(C)cc2)[C@H](Cc2ccccc2)C(=O)N[C@H](C)CC)S(C)(=O)=O)cc1. The first kappa shape index (κ1) is 31.7. The van der Waals surface area contributed by atoms with Crippen molar-refractivity contribution in [2.24, 2.45) is 0 Å². The van der Waals surface area contributed by atoms with Gasteiger partial charge in [0.2, 0.25) is 21.8 Å². The Morgan fingerprint density at radius 2 is 1.54 bits per heavy atom. The lowest BCUT2D eigenvalue weighted by atomic mass is 10.0. The molecule has 3 aromatic carbocycles. The van der Waals surface area contributed by atoms with Crippen LogP contribution < -0.4 is 14.4 Å². The molecular formula is C32H41N3O5S. The van der Waals surface area contributed by atoms with Crippen molar-refractivity contribution in [2.75, 3.05) is 23.7 Å². The third kappa shape index (κ3) is 9.35. The molecule has 0 saturated carbocycles. The van der Waals surface area contributed by atoms with Crippen LogP contribution in [0.25, 0.3) is 0 Å². The molecule has 0 fully saturated rings. The van der Waals surface area contributed by atoms with Gasteiger partial charge in [-0.05, 0) is 62.6 Å². The van der Waals surface area contributed by atoms with Crippen LogP contribution in [0.1, 0.15) is 43.9 Å². The lowest BCUT2D eigenvalue weighted by Gasteiger charge is -2.34. The van der Waals surface area contributed by atoms with Crippen LogP contribution in [-0.2, 0) is 32.6 Å². The first-order valence-corrected chi connectivity index (χ1v) is 15.8. The van der Waals surface area contributed by atoms with E-state index < -0.39 is 28.5 Å². The molecule has 220 valence electrons. The number of ether oxygens (including phenoxy) is 1. The Labute approximate surface area is 244 Å². The van der Waals surface area contributed by atoms with Crippen molar-refractivity contribution in [3.63, 3.8) is 0 Å². The van der Waals surface area contributed by atoms with Gasteiger partial charge in [-0.2, -0.15) is 0 Å². The summed E-state index contributed by atoms with van der Waals surface area (Å²) >= 11 is 0. The molecule has 0 aliphatic carbocycles. The molecule has 3 aromatic rings. The zero-order valence-corrected chi connectivity index (χ0v) is 25.4.